The van der Waals surface area contributed by atoms with Gasteiger partial charge in [-0.1, -0.05) is 13.0 Å². The number of aliphatic carboxylic acids is 1. The van der Waals surface area contributed by atoms with Crippen molar-refractivity contribution >= 4 is 21.9 Å². The minimum atomic E-state index is -3.71. The van der Waals surface area contributed by atoms with Gasteiger partial charge in [0.2, 0.25) is 10.0 Å². The maximum Gasteiger partial charge on any atom is 0.323 e. The fourth-order valence-corrected chi connectivity index (χ4v) is 3.34. The summed E-state index contributed by atoms with van der Waals surface area (Å²) in [6.45, 7) is 5.08. The summed E-state index contributed by atoms with van der Waals surface area (Å²) in [5.74, 6) is -1.62. The Kier molecular flexibility index (Phi) is 6.71. The summed E-state index contributed by atoms with van der Waals surface area (Å²) < 4.78 is 26.8. The Labute approximate surface area is 136 Å². The number of benzene rings is 1. The van der Waals surface area contributed by atoms with Crippen molar-refractivity contribution in [1.82, 2.24) is 9.62 Å². The molecule has 0 saturated heterocycles. The number of carbonyl (C=O) groups is 2. The monoisotopic (exact) mass is 342 g/mol. The van der Waals surface area contributed by atoms with Crippen molar-refractivity contribution in [2.24, 2.45) is 0 Å². The number of hydrogen-bond donors (Lipinski definition) is 2. The molecule has 2 N–H and O–H groups in total. The fraction of sp³-hybridized carbons (Fsp3) is 0.467. The number of nitrogens with one attached hydrogen (secondary N) is 1. The molecular formula is C15H22N2O5S. The van der Waals surface area contributed by atoms with Gasteiger partial charge in [-0.05, 0) is 38.5 Å². The second kappa shape index (κ2) is 8.07. The number of hydrogen-bond acceptors (Lipinski definition) is 4. The number of carboxylic acids is 1. The highest BCUT2D eigenvalue weighted by Crippen LogP contribution is 2.14. The second-order valence-corrected chi connectivity index (χ2v) is 7.14. The molecule has 0 unspecified atom stereocenters. The Morgan fingerprint density at radius 3 is 2.48 bits per heavy atom. The highest BCUT2D eigenvalue weighted by molar-refractivity contribution is 7.89. The average molecular weight is 342 g/mol. The van der Waals surface area contributed by atoms with Gasteiger partial charge in [0, 0.05) is 18.2 Å². The molecule has 1 aromatic carbocycles. The first-order chi connectivity index (χ1) is 10.7. The normalized spacial score (nSPS) is 11.5. The molecule has 0 fully saturated rings. The first kappa shape index (κ1) is 19.1. The summed E-state index contributed by atoms with van der Waals surface area (Å²) >= 11 is 0. The van der Waals surface area contributed by atoms with E-state index < -0.39 is 28.4 Å². The number of carboxylic acid groups (broad SMARTS) is 1. The SMILES string of the molecule is CCCN(CC(=O)O)C(=O)c1cccc(S(=O)(=O)NC(C)C)c1. The summed E-state index contributed by atoms with van der Waals surface area (Å²) in [5, 5.41) is 8.89. The lowest BCUT2D eigenvalue weighted by Crippen LogP contribution is -2.36. The minimum absolute atomic E-state index is 0.0242. The van der Waals surface area contributed by atoms with Crippen molar-refractivity contribution in [3.8, 4) is 0 Å². The molecule has 0 aliphatic rings. The van der Waals surface area contributed by atoms with E-state index in [9.17, 15) is 18.0 Å². The molecule has 0 aliphatic carbocycles. The Balaban J connectivity index is 3.11. The Morgan fingerprint density at radius 1 is 1.30 bits per heavy atom. The standard InChI is InChI=1S/C15H22N2O5S/c1-4-8-17(10-14(18)19)15(20)12-6-5-7-13(9-12)23(21,22)16-11(2)3/h5-7,9,11,16H,4,8,10H2,1-3H3,(H,18,19). The van der Waals surface area contributed by atoms with Gasteiger partial charge in [0.15, 0.2) is 0 Å². The second-order valence-electron chi connectivity index (χ2n) is 5.42. The molecular weight excluding hydrogens is 320 g/mol. The average Bonchev–Trinajstić information content (AvgIpc) is 2.44. The minimum Gasteiger partial charge on any atom is -0.480 e. The number of sulfonamides is 1. The molecule has 8 heteroatoms. The van der Waals surface area contributed by atoms with Crippen molar-refractivity contribution in [1.29, 1.82) is 0 Å². The van der Waals surface area contributed by atoms with Crippen LogP contribution >= 0.6 is 0 Å². The van der Waals surface area contributed by atoms with Crippen LogP contribution in [-0.2, 0) is 14.8 Å². The van der Waals surface area contributed by atoms with Gasteiger partial charge in [-0.25, -0.2) is 13.1 Å². The number of carbonyl (C=O) groups excluding carboxylic acids is 1. The van der Waals surface area contributed by atoms with Gasteiger partial charge in [-0.2, -0.15) is 0 Å². The van der Waals surface area contributed by atoms with Crippen molar-refractivity contribution in [3.63, 3.8) is 0 Å². The van der Waals surface area contributed by atoms with Gasteiger partial charge in [0.25, 0.3) is 5.91 Å². The van der Waals surface area contributed by atoms with Gasteiger partial charge >= 0.3 is 5.97 Å². The highest BCUT2D eigenvalue weighted by Gasteiger charge is 2.21. The van der Waals surface area contributed by atoms with Crippen LogP contribution in [0.15, 0.2) is 29.2 Å². The van der Waals surface area contributed by atoms with Crippen LogP contribution in [0.2, 0.25) is 0 Å². The lowest BCUT2D eigenvalue weighted by Gasteiger charge is -2.20. The molecule has 0 saturated carbocycles. The first-order valence-corrected chi connectivity index (χ1v) is 8.79. The van der Waals surface area contributed by atoms with Gasteiger partial charge in [0.05, 0.1) is 4.90 Å². The number of nitrogens with zero attached hydrogens (tertiary/aromatic N) is 1. The third kappa shape index (κ3) is 5.65. The molecule has 0 radical (unpaired) electrons. The van der Waals surface area contributed by atoms with E-state index in [4.69, 9.17) is 5.11 Å². The maximum absolute atomic E-state index is 12.4. The largest absolute Gasteiger partial charge is 0.480 e. The molecule has 0 aliphatic heterocycles. The molecule has 1 amide bonds. The van der Waals surface area contributed by atoms with Gasteiger partial charge < -0.3 is 10.0 Å². The molecule has 1 rings (SSSR count). The quantitative estimate of drug-likeness (QED) is 0.741. The van der Waals surface area contributed by atoms with E-state index in [0.29, 0.717) is 6.42 Å². The third-order valence-corrected chi connectivity index (χ3v) is 4.55. The predicted molar refractivity (Wildman–Crippen MR) is 85.7 cm³/mol. The third-order valence-electron chi connectivity index (χ3n) is 2.89. The van der Waals surface area contributed by atoms with E-state index in [1.54, 1.807) is 13.8 Å². The molecule has 0 aromatic heterocycles. The Bertz CT molecular complexity index is 670. The van der Waals surface area contributed by atoms with Crippen LogP contribution < -0.4 is 4.72 Å². The van der Waals surface area contributed by atoms with E-state index in [1.807, 2.05) is 6.92 Å². The highest BCUT2D eigenvalue weighted by atomic mass is 32.2. The van der Waals surface area contributed by atoms with Crippen molar-refractivity contribution in [2.45, 2.75) is 38.1 Å². The van der Waals surface area contributed by atoms with Crippen LogP contribution in [0.3, 0.4) is 0 Å². The molecule has 0 atom stereocenters. The topological polar surface area (TPSA) is 104 Å². The van der Waals surface area contributed by atoms with E-state index in [2.05, 4.69) is 4.72 Å². The van der Waals surface area contributed by atoms with Crippen LogP contribution in [0.1, 0.15) is 37.6 Å². The smallest absolute Gasteiger partial charge is 0.323 e. The summed E-state index contributed by atoms with van der Waals surface area (Å²) in [4.78, 5) is 24.4. The molecule has 128 valence electrons. The maximum atomic E-state index is 12.4. The van der Waals surface area contributed by atoms with Crippen molar-refractivity contribution < 1.29 is 23.1 Å². The first-order valence-electron chi connectivity index (χ1n) is 7.30. The van der Waals surface area contributed by atoms with Crippen LogP contribution in [0.4, 0.5) is 0 Å². The Morgan fingerprint density at radius 2 is 1.96 bits per heavy atom. The lowest BCUT2D eigenvalue weighted by atomic mass is 10.2. The molecule has 7 nitrogen and oxygen atoms in total. The van der Waals surface area contributed by atoms with Crippen LogP contribution in [-0.4, -0.2) is 49.4 Å². The molecule has 1 aromatic rings. The molecule has 0 heterocycles. The summed E-state index contributed by atoms with van der Waals surface area (Å²) in [7, 11) is -3.71. The van der Waals surface area contributed by atoms with Crippen LogP contribution in [0.25, 0.3) is 0 Å². The fourth-order valence-electron chi connectivity index (χ4n) is 2.04. The summed E-state index contributed by atoms with van der Waals surface area (Å²) in [6, 6.07) is 5.32. The van der Waals surface area contributed by atoms with Gasteiger partial charge in [-0.15, -0.1) is 0 Å². The number of amides is 1. The van der Waals surface area contributed by atoms with E-state index >= 15 is 0 Å². The van der Waals surface area contributed by atoms with Gasteiger partial charge in [-0.3, -0.25) is 9.59 Å². The van der Waals surface area contributed by atoms with E-state index in [0.717, 1.165) is 0 Å². The zero-order valence-electron chi connectivity index (χ0n) is 13.4. The summed E-state index contributed by atoms with van der Waals surface area (Å²) in [6.07, 6.45) is 0.603. The van der Waals surface area contributed by atoms with Crippen molar-refractivity contribution in [3.05, 3.63) is 29.8 Å². The van der Waals surface area contributed by atoms with Crippen LogP contribution in [0.5, 0.6) is 0 Å². The van der Waals surface area contributed by atoms with E-state index in [-0.39, 0.29) is 23.0 Å². The number of rotatable bonds is 8. The van der Waals surface area contributed by atoms with Gasteiger partial charge in [0.1, 0.15) is 6.54 Å². The van der Waals surface area contributed by atoms with E-state index in [1.165, 1.54) is 29.2 Å². The molecule has 0 spiro atoms. The molecule has 0 bridgehead atoms. The lowest BCUT2D eigenvalue weighted by molar-refractivity contribution is -0.137. The molecule has 23 heavy (non-hydrogen) atoms. The van der Waals surface area contributed by atoms with Crippen LogP contribution in [0, 0.1) is 0 Å². The van der Waals surface area contributed by atoms with Crippen molar-refractivity contribution in [2.75, 3.05) is 13.1 Å². The summed E-state index contributed by atoms with van der Waals surface area (Å²) in [5.41, 5.74) is 0.145. The Hall–Kier alpha value is -1.93. The zero-order valence-corrected chi connectivity index (χ0v) is 14.3. The zero-order chi connectivity index (χ0) is 17.6. The predicted octanol–water partition coefficient (Wildman–Crippen LogP) is 1.31.